The molecule has 1 aromatic rings. The highest BCUT2D eigenvalue weighted by atomic mass is 35.5. The second-order valence-corrected chi connectivity index (χ2v) is 6.31. The monoisotopic (exact) mass is 293 g/mol. The summed E-state index contributed by atoms with van der Waals surface area (Å²) in [7, 11) is 0. The van der Waals surface area contributed by atoms with Gasteiger partial charge >= 0.3 is 0 Å². The number of piperidine rings is 1. The number of halogens is 1. The van der Waals surface area contributed by atoms with E-state index in [2.05, 4.69) is 4.90 Å². The zero-order valence-electron chi connectivity index (χ0n) is 11.5. The van der Waals surface area contributed by atoms with Crippen molar-refractivity contribution in [2.24, 2.45) is 0 Å². The maximum absolute atomic E-state index is 12.2. The van der Waals surface area contributed by atoms with Crippen LogP contribution in [-0.4, -0.2) is 40.5 Å². The minimum absolute atomic E-state index is 0.112. The number of ketones is 1. The number of hydrogen-bond acceptors (Lipinski definition) is 3. The van der Waals surface area contributed by atoms with Crippen molar-refractivity contribution >= 4 is 17.4 Å². The summed E-state index contributed by atoms with van der Waals surface area (Å²) >= 11 is 6.06. The maximum atomic E-state index is 12.2. The molecule has 2 aliphatic heterocycles. The van der Waals surface area contributed by atoms with Gasteiger partial charge in [-0.2, -0.15) is 0 Å². The number of carbonyl (C=O) groups is 1. The van der Waals surface area contributed by atoms with Gasteiger partial charge in [-0.3, -0.25) is 9.69 Å². The van der Waals surface area contributed by atoms with Gasteiger partial charge in [0.05, 0.1) is 11.1 Å². The average Bonchev–Trinajstić information content (AvgIpc) is 2.67. The van der Waals surface area contributed by atoms with Crippen molar-refractivity contribution in [3.63, 3.8) is 0 Å². The molecule has 3 rings (SSSR count). The minimum atomic E-state index is -0.150. The first-order valence-corrected chi connectivity index (χ1v) is 7.74. The zero-order chi connectivity index (χ0) is 14.1. The van der Waals surface area contributed by atoms with Gasteiger partial charge in [-0.15, -0.1) is 0 Å². The molecule has 3 nitrogen and oxygen atoms in total. The van der Waals surface area contributed by atoms with E-state index in [9.17, 15) is 9.90 Å². The van der Waals surface area contributed by atoms with Gasteiger partial charge in [0.2, 0.25) is 0 Å². The highest BCUT2D eigenvalue weighted by Crippen LogP contribution is 2.35. The number of fused-ring (bicyclic) bond motifs is 2. The van der Waals surface area contributed by atoms with Gasteiger partial charge in [0.15, 0.2) is 5.78 Å². The van der Waals surface area contributed by atoms with Crippen molar-refractivity contribution in [1.82, 2.24) is 4.90 Å². The molecule has 0 amide bonds. The van der Waals surface area contributed by atoms with E-state index in [1.165, 1.54) is 0 Å². The molecule has 0 saturated carbocycles. The van der Waals surface area contributed by atoms with Crippen molar-refractivity contribution in [2.75, 3.05) is 6.54 Å². The fourth-order valence-electron chi connectivity index (χ4n) is 3.66. The molecule has 2 fully saturated rings. The van der Waals surface area contributed by atoms with Crippen LogP contribution in [0.4, 0.5) is 0 Å². The molecule has 1 aromatic carbocycles. The van der Waals surface area contributed by atoms with E-state index in [4.69, 9.17) is 11.6 Å². The van der Waals surface area contributed by atoms with E-state index < -0.39 is 0 Å². The smallest absolute Gasteiger partial charge is 0.165 e. The molecule has 0 radical (unpaired) electrons. The van der Waals surface area contributed by atoms with Crippen LogP contribution in [0.2, 0.25) is 5.02 Å². The number of carbonyl (C=O) groups excluding carboxylic acids is 1. The molecular weight excluding hydrogens is 274 g/mol. The lowest BCUT2D eigenvalue weighted by Crippen LogP contribution is -2.45. The third-order valence-electron chi connectivity index (χ3n) is 4.63. The molecule has 4 heteroatoms. The first-order valence-electron chi connectivity index (χ1n) is 7.36. The largest absolute Gasteiger partial charge is 0.393 e. The summed E-state index contributed by atoms with van der Waals surface area (Å²) in [5.74, 6) is 0.112. The Bertz CT molecular complexity index is 491. The Labute approximate surface area is 124 Å². The van der Waals surface area contributed by atoms with Crippen molar-refractivity contribution in [3.8, 4) is 0 Å². The number of hydrogen-bond donors (Lipinski definition) is 1. The fraction of sp³-hybridized carbons (Fsp3) is 0.562. The molecule has 1 N–H and O–H groups in total. The highest BCUT2D eigenvalue weighted by Gasteiger charge is 2.39. The second kappa shape index (κ2) is 5.84. The molecule has 2 heterocycles. The van der Waals surface area contributed by atoms with Crippen LogP contribution in [0, 0.1) is 0 Å². The highest BCUT2D eigenvalue weighted by molar-refractivity contribution is 6.33. The van der Waals surface area contributed by atoms with E-state index in [0.29, 0.717) is 29.1 Å². The van der Waals surface area contributed by atoms with Crippen molar-refractivity contribution < 1.29 is 9.90 Å². The Kier molecular flexibility index (Phi) is 4.11. The topological polar surface area (TPSA) is 40.5 Å². The predicted octanol–water partition coefficient (Wildman–Crippen LogP) is 2.90. The quantitative estimate of drug-likeness (QED) is 0.868. The third-order valence-corrected chi connectivity index (χ3v) is 4.96. The van der Waals surface area contributed by atoms with Gasteiger partial charge in [0.1, 0.15) is 0 Å². The minimum Gasteiger partial charge on any atom is -0.393 e. The lowest BCUT2D eigenvalue weighted by molar-refractivity contribution is 0.0349. The molecule has 2 aliphatic rings. The van der Waals surface area contributed by atoms with Crippen LogP contribution >= 0.6 is 11.6 Å². The molecule has 108 valence electrons. The molecule has 20 heavy (non-hydrogen) atoms. The number of benzene rings is 1. The average molecular weight is 294 g/mol. The number of aliphatic hydroxyl groups excluding tert-OH is 1. The summed E-state index contributed by atoms with van der Waals surface area (Å²) in [5.41, 5.74) is 0.624. The van der Waals surface area contributed by atoms with Crippen molar-refractivity contribution in [2.45, 2.75) is 50.3 Å². The Morgan fingerprint density at radius 2 is 1.90 bits per heavy atom. The number of aliphatic hydroxyl groups is 1. The molecule has 2 atom stereocenters. The SMILES string of the molecule is O=C(CCN1C2CCC1CC(O)C2)c1ccccc1Cl. The van der Waals surface area contributed by atoms with Gasteiger partial charge < -0.3 is 5.11 Å². The van der Waals surface area contributed by atoms with Crippen molar-refractivity contribution in [3.05, 3.63) is 34.9 Å². The summed E-state index contributed by atoms with van der Waals surface area (Å²) in [5, 5.41) is 10.3. The van der Waals surface area contributed by atoms with Crippen LogP contribution in [0.5, 0.6) is 0 Å². The lowest BCUT2D eigenvalue weighted by Gasteiger charge is -2.37. The van der Waals surface area contributed by atoms with Crippen molar-refractivity contribution in [1.29, 1.82) is 0 Å². The zero-order valence-corrected chi connectivity index (χ0v) is 12.2. The van der Waals surface area contributed by atoms with E-state index in [-0.39, 0.29) is 11.9 Å². The van der Waals surface area contributed by atoms with Crippen LogP contribution in [0.25, 0.3) is 0 Å². The van der Waals surface area contributed by atoms with E-state index in [0.717, 1.165) is 32.2 Å². The van der Waals surface area contributed by atoms with Crippen LogP contribution in [0.3, 0.4) is 0 Å². The molecule has 2 unspecified atom stereocenters. The van der Waals surface area contributed by atoms with Gasteiger partial charge in [-0.1, -0.05) is 23.7 Å². The summed E-state index contributed by atoms with van der Waals surface area (Å²) < 4.78 is 0. The lowest BCUT2D eigenvalue weighted by atomic mass is 9.99. The first kappa shape index (κ1) is 14.1. The number of nitrogens with zero attached hydrogens (tertiary/aromatic N) is 1. The Morgan fingerprint density at radius 1 is 1.25 bits per heavy atom. The molecule has 0 aromatic heterocycles. The summed E-state index contributed by atoms with van der Waals surface area (Å²) in [6.45, 7) is 0.784. The van der Waals surface area contributed by atoms with Crippen LogP contribution in [0.15, 0.2) is 24.3 Å². The number of rotatable bonds is 4. The summed E-state index contributed by atoms with van der Waals surface area (Å²) in [6, 6.07) is 8.16. The van der Waals surface area contributed by atoms with Gasteiger partial charge in [-0.25, -0.2) is 0 Å². The second-order valence-electron chi connectivity index (χ2n) is 5.90. The molecule has 2 bridgehead atoms. The normalized spacial score (nSPS) is 29.6. The van der Waals surface area contributed by atoms with Crippen LogP contribution < -0.4 is 0 Å². The van der Waals surface area contributed by atoms with E-state index >= 15 is 0 Å². The van der Waals surface area contributed by atoms with Crippen LogP contribution in [-0.2, 0) is 0 Å². The maximum Gasteiger partial charge on any atom is 0.165 e. The van der Waals surface area contributed by atoms with Crippen LogP contribution in [0.1, 0.15) is 42.5 Å². The van der Waals surface area contributed by atoms with E-state index in [1.807, 2.05) is 12.1 Å². The summed E-state index contributed by atoms with van der Waals surface area (Å²) in [6.07, 6.45) is 4.38. The summed E-state index contributed by atoms with van der Waals surface area (Å²) in [4.78, 5) is 14.7. The predicted molar refractivity (Wildman–Crippen MR) is 79.2 cm³/mol. The fourth-order valence-corrected chi connectivity index (χ4v) is 3.90. The van der Waals surface area contributed by atoms with Gasteiger partial charge in [0, 0.05) is 30.6 Å². The molecule has 0 aliphatic carbocycles. The van der Waals surface area contributed by atoms with Gasteiger partial charge in [-0.05, 0) is 37.8 Å². The molecule has 2 saturated heterocycles. The molecule has 0 spiro atoms. The Balaban J connectivity index is 1.60. The Morgan fingerprint density at radius 3 is 2.55 bits per heavy atom. The third kappa shape index (κ3) is 2.76. The van der Waals surface area contributed by atoms with E-state index in [1.54, 1.807) is 12.1 Å². The first-order chi connectivity index (χ1) is 9.65. The molecular formula is C16H20ClNO2. The standard InChI is InChI=1S/C16H20ClNO2/c17-15-4-2-1-3-14(15)16(20)7-8-18-11-5-6-12(18)10-13(19)9-11/h1-4,11-13,19H,5-10H2. The number of Topliss-reactive ketones (excluding diaryl/α,β-unsaturated/α-hetero) is 1. The van der Waals surface area contributed by atoms with Gasteiger partial charge in [0.25, 0.3) is 0 Å². The Hall–Kier alpha value is -0.900.